The van der Waals surface area contributed by atoms with Crippen LogP contribution in [0.15, 0.2) is 55.0 Å². The molecule has 190 valence electrons. The van der Waals surface area contributed by atoms with Crippen LogP contribution in [0.5, 0.6) is 5.75 Å². The van der Waals surface area contributed by atoms with E-state index in [0.717, 1.165) is 54.1 Å². The Kier molecular flexibility index (Phi) is 6.19. The number of carbonyl (C=O) groups excluding carboxylic acids is 1. The molecule has 37 heavy (non-hydrogen) atoms. The fourth-order valence-electron chi connectivity index (χ4n) is 5.07. The van der Waals surface area contributed by atoms with Crippen molar-refractivity contribution in [3.63, 3.8) is 0 Å². The first kappa shape index (κ1) is 23.4. The third-order valence-electron chi connectivity index (χ3n) is 6.78. The van der Waals surface area contributed by atoms with E-state index in [1.807, 2.05) is 31.5 Å². The van der Waals surface area contributed by atoms with Crippen molar-refractivity contribution in [2.24, 2.45) is 0 Å². The number of morpholine rings is 1. The van der Waals surface area contributed by atoms with E-state index in [4.69, 9.17) is 9.47 Å². The summed E-state index contributed by atoms with van der Waals surface area (Å²) in [6, 6.07) is 12.1. The van der Waals surface area contributed by atoms with Crippen LogP contribution in [0.3, 0.4) is 0 Å². The number of aryl methyl sites for hydroxylation is 1. The number of carbonyl (C=O) groups is 1. The summed E-state index contributed by atoms with van der Waals surface area (Å²) >= 11 is 0. The van der Waals surface area contributed by atoms with Gasteiger partial charge < -0.3 is 25.4 Å². The summed E-state index contributed by atoms with van der Waals surface area (Å²) in [4.78, 5) is 20.8. The Morgan fingerprint density at radius 1 is 1.11 bits per heavy atom. The maximum Gasteiger partial charge on any atom is 0.251 e. The zero-order chi connectivity index (χ0) is 25.4. The van der Waals surface area contributed by atoms with Gasteiger partial charge in [-0.15, -0.1) is 0 Å². The van der Waals surface area contributed by atoms with Crippen LogP contribution in [0.25, 0.3) is 16.6 Å². The molecular weight excluding hydrogens is 470 g/mol. The molecule has 10 heteroatoms. The van der Waals surface area contributed by atoms with Crippen LogP contribution in [0.4, 0.5) is 11.6 Å². The van der Waals surface area contributed by atoms with Crippen LogP contribution in [-0.2, 0) is 4.74 Å². The molecule has 0 radical (unpaired) electrons. The molecule has 0 saturated carbocycles. The second-order valence-electron chi connectivity index (χ2n) is 9.58. The number of pyridine rings is 3. The van der Waals surface area contributed by atoms with E-state index in [2.05, 4.69) is 43.1 Å². The van der Waals surface area contributed by atoms with E-state index in [-0.39, 0.29) is 12.0 Å². The molecule has 0 spiro atoms. The number of anilines is 2. The van der Waals surface area contributed by atoms with Gasteiger partial charge in [-0.25, -0.2) is 9.50 Å². The zero-order valence-corrected chi connectivity index (χ0v) is 20.8. The molecule has 2 aliphatic rings. The van der Waals surface area contributed by atoms with Crippen LogP contribution >= 0.6 is 0 Å². The summed E-state index contributed by atoms with van der Waals surface area (Å²) in [6.45, 7) is 3.45. The fourth-order valence-corrected chi connectivity index (χ4v) is 5.07. The van der Waals surface area contributed by atoms with Crippen LogP contribution < -0.4 is 20.7 Å². The summed E-state index contributed by atoms with van der Waals surface area (Å²) < 4.78 is 14.0. The Bertz CT molecular complexity index is 1440. The summed E-state index contributed by atoms with van der Waals surface area (Å²) in [5.41, 5.74) is 4.39. The van der Waals surface area contributed by atoms with Gasteiger partial charge in [-0.05, 0) is 42.8 Å². The van der Waals surface area contributed by atoms with Gasteiger partial charge in [-0.1, -0.05) is 0 Å². The molecule has 2 bridgehead atoms. The summed E-state index contributed by atoms with van der Waals surface area (Å²) in [7, 11) is 1.60. The number of hydrogen-bond acceptors (Lipinski definition) is 8. The maximum absolute atomic E-state index is 11.9. The summed E-state index contributed by atoms with van der Waals surface area (Å²) in [5, 5.41) is 14.0. The van der Waals surface area contributed by atoms with E-state index in [0.29, 0.717) is 29.3 Å². The Balaban J connectivity index is 1.26. The number of ether oxygens (including phenoxy) is 2. The molecule has 6 heterocycles. The highest BCUT2D eigenvalue weighted by Crippen LogP contribution is 2.34. The summed E-state index contributed by atoms with van der Waals surface area (Å²) in [5.74, 6) is 1.79. The smallest absolute Gasteiger partial charge is 0.251 e. The van der Waals surface area contributed by atoms with Gasteiger partial charge >= 0.3 is 0 Å². The average molecular weight is 500 g/mol. The Labute approximate surface area is 214 Å². The quantitative estimate of drug-likeness (QED) is 0.371. The van der Waals surface area contributed by atoms with Crippen LogP contribution in [0.1, 0.15) is 28.9 Å². The molecule has 2 fully saturated rings. The highest BCUT2D eigenvalue weighted by atomic mass is 16.5. The molecule has 2 aliphatic heterocycles. The molecule has 0 unspecified atom stereocenters. The third-order valence-corrected chi connectivity index (χ3v) is 6.78. The molecule has 2 saturated heterocycles. The lowest BCUT2D eigenvalue weighted by Crippen LogP contribution is -2.56. The van der Waals surface area contributed by atoms with Crippen molar-refractivity contribution in [2.75, 3.05) is 25.6 Å². The monoisotopic (exact) mass is 499 g/mol. The van der Waals surface area contributed by atoms with Crippen LogP contribution in [0, 0.1) is 6.92 Å². The number of amides is 1. The van der Waals surface area contributed by atoms with Gasteiger partial charge in [-0.2, -0.15) is 5.10 Å². The number of fused-ring (bicyclic) bond motifs is 3. The number of piperidine rings is 1. The minimum absolute atomic E-state index is 0.121. The van der Waals surface area contributed by atoms with E-state index in [1.54, 1.807) is 29.9 Å². The van der Waals surface area contributed by atoms with E-state index < -0.39 is 0 Å². The number of nitrogens with one attached hydrogen (secondary N) is 3. The van der Waals surface area contributed by atoms with Crippen LogP contribution in [-0.4, -0.2) is 63.9 Å². The number of rotatable bonds is 6. The number of hydrogen-bond donors (Lipinski definition) is 3. The SMILES string of the molecule is CNC(=O)c1ccnc(Nc2cc3cc(-c4cc(C)ncc4O[C@H]4C[C@H]5COC[C@@H](C4)N5)ccn3n2)c1. The van der Waals surface area contributed by atoms with Crippen molar-refractivity contribution < 1.29 is 14.3 Å². The molecule has 3 N–H and O–H groups in total. The number of nitrogens with zero attached hydrogens (tertiary/aromatic N) is 4. The van der Waals surface area contributed by atoms with Crippen molar-refractivity contribution >= 4 is 23.1 Å². The van der Waals surface area contributed by atoms with Gasteiger partial charge in [-0.3, -0.25) is 9.78 Å². The second-order valence-corrected chi connectivity index (χ2v) is 9.58. The van der Waals surface area contributed by atoms with Crippen LogP contribution in [0.2, 0.25) is 0 Å². The second kappa shape index (κ2) is 9.79. The average Bonchev–Trinajstić information content (AvgIpc) is 3.30. The van der Waals surface area contributed by atoms with Gasteiger partial charge in [0.1, 0.15) is 17.7 Å². The molecule has 3 atom stereocenters. The molecule has 0 aliphatic carbocycles. The first-order valence-corrected chi connectivity index (χ1v) is 12.5. The summed E-state index contributed by atoms with van der Waals surface area (Å²) in [6.07, 6.45) is 7.30. The third kappa shape index (κ3) is 4.98. The van der Waals surface area contributed by atoms with Gasteiger partial charge in [0.2, 0.25) is 0 Å². The first-order valence-electron chi connectivity index (χ1n) is 12.5. The Morgan fingerprint density at radius 2 is 1.95 bits per heavy atom. The van der Waals surface area contributed by atoms with Gasteiger partial charge in [0.05, 0.1) is 24.9 Å². The highest BCUT2D eigenvalue weighted by Gasteiger charge is 2.33. The molecule has 4 aromatic heterocycles. The van der Waals surface area contributed by atoms with E-state index >= 15 is 0 Å². The molecule has 6 rings (SSSR count). The topological polar surface area (TPSA) is 115 Å². The molecule has 10 nitrogen and oxygen atoms in total. The van der Waals surface area contributed by atoms with Crippen molar-refractivity contribution in [3.05, 3.63) is 66.2 Å². The van der Waals surface area contributed by atoms with Gasteiger partial charge in [0.25, 0.3) is 5.91 Å². The maximum atomic E-state index is 11.9. The Morgan fingerprint density at radius 3 is 2.76 bits per heavy atom. The first-order chi connectivity index (χ1) is 18.0. The largest absolute Gasteiger partial charge is 0.488 e. The normalized spacial score (nSPS) is 21.0. The molecule has 0 aromatic carbocycles. The highest BCUT2D eigenvalue weighted by molar-refractivity contribution is 5.94. The lowest BCUT2D eigenvalue weighted by molar-refractivity contribution is -0.0122. The van der Waals surface area contributed by atoms with Gasteiger partial charge in [0.15, 0.2) is 5.82 Å². The lowest BCUT2D eigenvalue weighted by Gasteiger charge is -2.40. The fraction of sp³-hybridized carbons (Fsp3) is 0.333. The van der Waals surface area contributed by atoms with Crippen molar-refractivity contribution in [1.82, 2.24) is 30.2 Å². The molecule has 4 aromatic rings. The molecule has 1 amide bonds. The Hall–Kier alpha value is -4.02. The van der Waals surface area contributed by atoms with Gasteiger partial charge in [0, 0.05) is 67.3 Å². The minimum Gasteiger partial charge on any atom is -0.488 e. The van der Waals surface area contributed by atoms with E-state index in [1.165, 1.54) is 0 Å². The predicted octanol–water partition coefficient (Wildman–Crippen LogP) is 3.10. The molecular formula is C27H29N7O3. The van der Waals surface area contributed by atoms with E-state index in [9.17, 15) is 4.79 Å². The lowest BCUT2D eigenvalue weighted by atomic mass is 9.94. The van der Waals surface area contributed by atoms with Crippen molar-refractivity contribution in [3.8, 4) is 16.9 Å². The van der Waals surface area contributed by atoms with Crippen molar-refractivity contribution in [1.29, 1.82) is 0 Å². The number of aromatic nitrogens is 4. The predicted molar refractivity (Wildman–Crippen MR) is 139 cm³/mol. The van der Waals surface area contributed by atoms with Crippen molar-refractivity contribution in [2.45, 2.75) is 38.0 Å². The standard InChI is InChI=1S/C27H29N7O3/c1-16-7-23(24(13-30-16)37-22-10-19-14-36-15-20(11-22)31-19)17-4-6-34-21(8-17)12-26(33-34)32-25-9-18(3-5-29-25)27(35)28-2/h3-9,12-13,19-20,22,31H,10-11,14-15H2,1-2H3,(H,28,35)(H,29,32,33)/t19-,20+,22-. The minimum atomic E-state index is -0.170. The zero-order valence-electron chi connectivity index (χ0n) is 20.8.